The summed E-state index contributed by atoms with van der Waals surface area (Å²) in [7, 11) is 0. The average molecular weight is 368 g/mol. The number of nitrogens with zero attached hydrogens (tertiary/aromatic N) is 2. The van der Waals surface area contributed by atoms with Crippen molar-refractivity contribution in [2.75, 3.05) is 52.7 Å². The molecular formula is C22H28N2O3. The first kappa shape index (κ1) is 18.1. The molecule has 5 nitrogen and oxygen atoms in total. The molecule has 2 aromatic carbocycles. The molecule has 1 fully saturated rings. The third-order valence-corrected chi connectivity index (χ3v) is 5.26. The van der Waals surface area contributed by atoms with Crippen LogP contribution in [0.3, 0.4) is 0 Å². The van der Waals surface area contributed by atoms with Crippen molar-refractivity contribution < 1.29 is 14.2 Å². The molecule has 0 atom stereocenters. The Balaban J connectivity index is 1.11. The van der Waals surface area contributed by atoms with E-state index >= 15 is 0 Å². The van der Waals surface area contributed by atoms with Crippen LogP contribution in [0.4, 0.5) is 0 Å². The van der Waals surface area contributed by atoms with Gasteiger partial charge in [-0.3, -0.25) is 4.90 Å². The summed E-state index contributed by atoms with van der Waals surface area (Å²) in [5.41, 5.74) is 1.33. The Hall–Kier alpha value is -2.24. The molecule has 1 saturated heterocycles. The fourth-order valence-corrected chi connectivity index (χ4v) is 3.65. The van der Waals surface area contributed by atoms with Gasteiger partial charge >= 0.3 is 0 Å². The van der Waals surface area contributed by atoms with Gasteiger partial charge in [-0.15, -0.1) is 0 Å². The zero-order valence-electron chi connectivity index (χ0n) is 15.8. The van der Waals surface area contributed by atoms with Crippen LogP contribution in [0.15, 0.2) is 48.5 Å². The lowest BCUT2D eigenvalue weighted by molar-refractivity contribution is 0.116. The minimum atomic E-state index is 0.347. The molecule has 0 unspecified atom stereocenters. The molecule has 2 heterocycles. The van der Waals surface area contributed by atoms with Crippen LogP contribution in [0.5, 0.6) is 17.2 Å². The first-order valence-electron chi connectivity index (χ1n) is 9.88. The van der Waals surface area contributed by atoms with Crippen LogP contribution in [0.25, 0.3) is 0 Å². The van der Waals surface area contributed by atoms with Gasteiger partial charge < -0.3 is 19.1 Å². The van der Waals surface area contributed by atoms with Crippen LogP contribution in [-0.4, -0.2) is 62.5 Å². The zero-order valence-corrected chi connectivity index (χ0v) is 15.8. The van der Waals surface area contributed by atoms with Gasteiger partial charge in [-0.2, -0.15) is 0 Å². The summed E-state index contributed by atoms with van der Waals surface area (Å²) in [4.78, 5) is 5.07. The largest absolute Gasteiger partial charge is 0.492 e. The van der Waals surface area contributed by atoms with Gasteiger partial charge in [0.05, 0.1) is 0 Å². The number of benzene rings is 2. The molecule has 0 radical (unpaired) electrons. The molecule has 0 spiro atoms. The quantitative estimate of drug-likeness (QED) is 0.715. The van der Waals surface area contributed by atoms with E-state index in [0.717, 1.165) is 69.5 Å². The van der Waals surface area contributed by atoms with Crippen LogP contribution < -0.4 is 14.2 Å². The first-order chi connectivity index (χ1) is 13.4. The van der Waals surface area contributed by atoms with Gasteiger partial charge in [-0.25, -0.2) is 0 Å². The number of hydrogen-bond acceptors (Lipinski definition) is 5. The Morgan fingerprint density at radius 1 is 0.815 bits per heavy atom. The van der Waals surface area contributed by atoms with E-state index in [1.807, 2.05) is 36.4 Å². The predicted molar refractivity (Wildman–Crippen MR) is 106 cm³/mol. The van der Waals surface area contributed by atoms with Crippen LogP contribution in [0.2, 0.25) is 0 Å². The number of ether oxygens (including phenoxy) is 3. The molecule has 0 amide bonds. The van der Waals surface area contributed by atoms with Crippen LogP contribution in [0.1, 0.15) is 12.0 Å². The number of para-hydroxylation sites is 1. The van der Waals surface area contributed by atoms with Gasteiger partial charge in [0.1, 0.15) is 12.4 Å². The third kappa shape index (κ3) is 5.15. The minimum Gasteiger partial charge on any atom is -0.492 e. The van der Waals surface area contributed by atoms with E-state index in [1.54, 1.807) is 0 Å². The van der Waals surface area contributed by atoms with Crippen LogP contribution in [-0.2, 0) is 6.42 Å². The highest BCUT2D eigenvalue weighted by atomic mass is 16.7. The van der Waals surface area contributed by atoms with Gasteiger partial charge in [-0.05, 0) is 49.2 Å². The van der Waals surface area contributed by atoms with Crippen molar-refractivity contribution >= 4 is 0 Å². The second-order valence-electron chi connectivity index (χ2n) is 7.14. The number of aryl methyl sites for hydroxylation is 1. The predicted octanol–water partition coefficient (Wildman–Crippen LogP) is 3.04. The van der Waals surface area contributed by atoms with Crippen molar-refractivity contribution in [1.29, 1.82) is 0 Å². The molecular weight excluding hydrogens is 340 g/mol. The summed E-state index contributed by atoms with van der Waals surface area (Å²) in [5.74, 6) is 2.71. The lowest BCUT2D eigenvalue weighted by atomic mass is 10.1. The fourth-order valence-electron chi connectivity index (χ4n) is 3.65. The van der Waals surface area contributed by atoms with E-state index in [2.05, 4.69) is 21.9 Å². The SMILES string of the molecule is c1ccc(OCCN2CCN(CCCc3ccc4c(c3)OCO4)CC2)cc1. The maximum absolute atomic E-state index is 5.81. The highest BCUT2D eigenvalue weighted by molar-refractivity contribution is 5.44. The fraction of sp³-hybridized carbons (Fsp3) is 0.455. The van der Waals surface area contributed by atoms with Crippen molar-refractivity contribution in [3.05, 3.63) is 54.1 Å². The molecule has 0 saturated carbocycles. The summed E-state index contributed by atoms with van der Waals surface area (Å²) >= 11 is 0. The van der Waals surface area contributed by atoms with E-state index in [1.165, 1.54) is 12.0 Å². The lowest BCUT2D eigenvalue weighted by Crippen LogP contribution is -2.47. The highest BCUT2D eigenvalue weighted by Crippen LogP contribution is 2.32. The minimum absolute atomic E-state index is 0.347. The average Bonchev–Trinajstić information content (AvgIpc) is 3.18. The molecule has 27 heavy (non-hydrogen) atoms. The van der Waals surface area contributed by atoms with Crippen molar-refractivity contribution in [3.8, 4) is 17.2 Å². The summed E-state index contributed by atoms with van der Waals surface area (Å²) in [6.45, 7) is 7.81. The molecule has 0 N–H and O–H groups in total. The smallest absolute Gasteiger partial charge is 0.231 e. The molecule has 2 aliphatic heterocycles. The normalized spacial score (nSPS) is 17.2. The number of hydrogen-bond donors (Lipinski definition) is 0. The Kier molecular flexibility index (Phi) is 6.12. The summed E-state index contributed by atoms with van der Waals surface area (Å²) in [5, 5.41) is 0. The summed E-state index contributed by atoms with van der Waals surface area (Å²) < 4.78 is 16.6. The van der Waals surface area contributed by atoms with Crippen LogP contribution >= 0.6 is 0 Å². The van der Waals surface area contributed by atoms with Crippen molar-refractivity contribution in [1.82, 2.24) is 9.80 Å². The highest BCUT2D eigenvalue weighted by Gasteiger charge is 2.17. The van der Waals surface area contributed by atoms with E-state index < -0.39 is 0 Å². The molecule has 2 aromatic rings. The molecule has 2 aliphatic rings. The van der Waals surface area contributed by atoms with Gasteiger partial charge in [0, 0.05) is 32.7 Å². The van der Waals surface area contributed by atoms with Gasteiger partial charge in [0.25, 0.3) is 0 Å². The Bertz CT molecular complexity index is 715. The third-order valence-electron chi connectivity index (χ3n) is 5.26. The second kappa shape index (κ2) is 9.11. The van der Waals surface area contributed by atoms with Gasteiger partial charge in [0.2, 0.25) is 6.79 Å². The maximum atomic E-state index is 5.81. The summed E-state index contributed by atoms with van der Waals surface area (Å²) in [6.07, 6.45) is 2.26. The van der Waals surface area contributed by atoms with E-state index in [0.29, 0.717) is 6.79 Å². The number of piperazine rings is 1. The standard InChI is InChI=1S/C22H28N2O3/c1-2-6-20(7-3-1)25-16-15-24-13-11-23(12-14-24)10-4-5-19-8-9-21-22(17-19)27-18-26-21/h1-3,6-9,17H,4-5,10-16,18H2. The summed E-state index contributed by atoms with van der Waals surface area (Å²) in [6, 6.07) is 16.4. The topological polar surface area (TPSA) is 34.2 Å². The lowest BCUT2D eigenvalue weighted by Gasteiger charge is -2.34. The van der Waals surface area contributed by atoms with E-state index in [9.17, 15) is 0 Å². The Morgan fingerprint density at radius 2 is 1.56 bits per heavy atom. The van der Waals surface area contributed by atoms with Crippen molar-refractivity contribution in [3.63, 3.8) is 0 Å². The van der Waals surface area contributed by atoms with Crippen molar-refractivity contribution in [2.24, 2.45) is 0 Å². The number of fused-ring (bicyclic) bond motifs is 1. The monoisotopic (exact) mass is 368 g/mol. The van der Waals surface area contributed by atoms with E-state index in [4.69, 9.17) is 14.2 Å². The molecule has 4 rings (SSSR count). The number of rotatable bonds is 8. The molecule has 144 valence electrons. The Morgan fingerprint density at radius 3 is 2.37 bits per heavy atom. The first-order valence-corrected chi connectivity index (χ1v) is 9.88. The second-order valence-corrected chi connectivity index (χ2v) is 7.14. The van der Waals surface area contributed by atoms with Gasteiger partial charge in [-0.1, -0.05) is 24.3 Å². The van der Waals surface area contributed by atoms with Crippen molar-refractivity contribution in [2.45, 2.75) is 12.8 Å². The molecule has 0 aliphatic carbocycles. The Labute approximate surface area is 161 Å². The zero-order chi connectivity index (χ0) is 18.3. The van der Waals surface area contributed by atoms with E-state index in [-0.39, 0.29) is 0 Å². The van der Waals surface area contributed by atoms with Crippen LogP contribution in [0, 0.1) is 0 Å². The van der Waals surface area contributed by atoms with Gasteiger partial charge in [0.15, 0.2) is 11.5 Å². The maximum Gasteiger partial charge on any atom is 0.231 e. The molecule has 0 aromatic heterocycles. The molecule has 0 bridgehead atoms. The molecule has 5 heteroatoms.